The Balaban J connectivity index is 1.37. The molecule has 1 amide bonds. The highest BCUT2D eigenvalue weighted by Gasteiger charge is 2.34. The Morgan fingerprint density at radius 1 is 1.29 bits per heavy atom. The van der Waals surface area contributed by atoms with Gasteiger partial charge >= 0.3 is 0 Å². The van der Waals surface area contributed by atoms with Crippen LogP contribution in [0.1, 0.15) is 29.3 Å². The lowest BCUT2D eigenvalue weighted by molar-refractivity contribution is -0.387. The number of nitriles is 1. The predicted molar refractivity (Wildman–Crippen MR) is 127 cm³/mol. The summed E-state index contributed by atoms with van der Waals surface area (Å²) < 4.78 is 27.1. The number of hydrogen-bond donors (Lipinski definition) is 1. The summed E-state index contributed by atoms with van der Waals surface area (Å²) in [6, 6.07) is 7.53. The van der Waals surface area contributed by atoms with Gasteiger partial charge in [0.2, 0.25) is 15.9 Å². The van der Waals surface area contributed by atoms with Crippen molar-refractivity contribution in [2.24, 2.45) is 5.92 Å². The van der Waals surface area contributed by atoms with Gasteiger partial charge in [-0.2, -0.15) is 9.57 Å². The van der Waals surface area contributed by atoms with Crippen molar-refractivity contribution in [1.82, 2.24) is 9.21 Å². The number of carbonyl (C=O) groups is 1. The number of thiophene rings is 1. The van der Waals surface area contributed by atoms with Gasteiger partial charge in [-0.05, 0) is 36.8 Å². The van der Waals surface area contributed by atoms with Gasteiger partial charge < -0.3 is 5.32 Å². The molecule has 1 atom stereocenters. The second-order valence-corrected chi connectivity index (χ2v) is 11.6. The maximum absolute atomic E-state index is 13.0. The van der Waals surface area contributed by atoms with Crippen molar-refractivity contribution in [3.05, 3.63) is 50.4 Å². The van der Waals surface area contributed by atoms with Crippen LogP contribution < -0.4 is 5.32 Å². The van der Waals surface area contributed by atoms with E-state index in [0.29, 0.717) is 29.6 Å². The van der Waals surface area contributed by atoms with Gasteiger partial charge in [-0.3, -0.25) is 19.8 Å². The molecule has 1 N–H and O–H groups in total. The van der Waals surface area contributed by atoms with E-state index in [1.54, 1.807) is 0 Å². The minimum atomic E-state index is -4.02. The molecule has 12 heteroatoms. The zero-order chi connectivity index (χ0) is 24.5. The Morgan fingerprint density at radius 3 is 2.68 bits per heavy atom. The van der Waals surface area contributed by atoms with Crippen molar-refractivity contribution in [2.75, 3.05) is 38.0 Å². The molecule has 2 aliphatic rings. The lowest BCUT2D eigenvalue weighted by atomic mass is 9.89. The molecule has 1 fully saturated rings. The summed E-state index contributed by atoms with van der Waals surface area (Å²) >= 11 is 1.47. The normalized spacial score (nSPS) is 19.2. The highest BCUT2D eigenvalue weighted by molar-refractivity contribution is 7.89. The highest BCUT2D eigenvalue weighted by atomic mass is 32.2. The number of para-hydroxylation sites is 1. The van der Waals surface area contributed by atoms with Gasteiger partial charge in [0.05, 0.1) is 17.0 Å². The molecule has 1 saturated heterocycles. The fraction of sp³-hybridized carbons (Fsp3) is 0.455. The average Bonchev–Trinajstić information content (AvgIpc) is 3.14. The number of anilines is 1. The molecule has 180 valence electrons. The van der Waals surface area contributed by atoms with Crippen LogP contribution in [0.3, 0.4) is 0 Å². The van der Waals surface area contributed by atoms with Crippen LogP contribution in [0.2, 0.25) is 0 Å². The fourth-order valence-corrected chi connectivity index (χ4v) is 7.38. The number of nitrogens with one attached hydrogen (secondary N) is 1. The van der Waals surface area contributed by atoms with Crippen LogP contribution in [0.25, 0.3) is 0 Å². The van der Waals surface area contributed by atoms with Crippen molar-refractivity contribution in [3.63, 3.8) is 0 Å². The minimum absolute atomic E-state index is 0.0726. The van der Waals surface area contributed by atoms with Crippen LogP contribution in [0.15, 0.2) is 29.2 Å². The van der Waals surface area contributed by atoms with Gasteiger partial charge in [0, 0.05) is 37.1 Å². The summed E-state index contributed by atoms with van der Waals surface area (Å²) in [4.78, 5) is 25.9. The number of nitrogens with zero attached hydrogens (tertiary/aromatic N) is 4. The first-order valence-electron chi connectivity index (χ1n) is 11.0. The smallest absolute Gasteiger partial charge is 0.289 e. The van der Waals surface area contributed by atoms with E-state index >= 15 is 0 Å². The maximum Gasteiger partial charge on any atom is 0.289 e. The maximum atomic E-state index is 13.0. The van der Waals surface area contributed by atoms with Crippen LogP contribution in [-0.4, -0.2) is 61.2 Å². The Kier molecular flexibility index (Phi) is 6.99. The number of piperazine rings is 1. The van der Waals surface area contributed by atoms with Gasteiger partial charge in [-0.25, -0.2) is 8.42 Å². The SMILES string of the molecule is C[C@H]1CCc2c(sc(NC(=O)CN3CCN(S(=O)(=O)c4ccccc4[N+](=O)[O-])CC3)c2C#N)C1. The van der Waals surface area contributed by atoms with Crippen molar-refractivity contribution in [3.8, 4) is 6.07 Å². The molecule has 1 aromatic carbocycles. The predicted octanol–water partition coefficient (Wildman–Crippen LogP) is 2.60. The van der Waals surface area contributed by atoms with Crippen LogP contribution in [0.4, 0.5) is 10.7 Å². The molecule has 1 aliphatic heterocycles. The van der Waals surface area contributed by atoms with Crippen molar-refractivity contribution < 1.29 is 18.1 Å². The first-order chi connectivity index (χ1) is 16.2. The summed E-state index contributed by atoms with van der Waals surface area (Å²) in [5.74, 6) is 0.310. The number of rotatable bonds is 6. The molecule has 0 spiro atoms. The Labute approximate surface area is 202 Å². The summed E-state index contributed by atoms with van der Waals surface area (Å²) in [6.07, 6.45) is 2.80. The Bertz CT molecular complexity index is 1260. The van der Waals surface area contributed by atoms with Gasteiger partial charge in [-0.15, -0.1) is 11.3 Å². The van der Waals surface area contributed by atoms with E-state index in [9.17, 15) is 28.6 Å². The van der Waals surface area contributed by atoms with Crippen LogP contribution in [0.5, 0.6) is 0 Å². The Hall–Kier alpha value is -2.85. The molecule has 2 heterocycles. The summed E-state index contributed by atoms with van der Waals surface area (Å²) in [6.45, 7) is 3.13. The molecule has 0 saturated carbocycles. The van der Waals surface area contributed by atoms with E-state index in [1.165, 1.54) is 44.8 Å². The van der Waals surface area contributed by atoms with E-state index in [0.717, 1.165) is 24.8 Å². The lowest BCUT2D eigenvalue weighted by Crippen LogP contribution is -2.50. The van der Waals surface area contributed by atoms with Crippen LogP contribution >= 0.6 is 11.3 Å². The zero-order valence-corrected chi connectivity index (χ0v) is 20.3. The van der Waals surface area contributed by atoms with Gasteiger partial charge in [0.1, 0.15) is 11.1 Å². The van der Waals surface area contributed by atoms with E-state index in [2.05, 4.69) is 18.3 Å². The van der Waals surface area contributed by atoms with E-state index in [1.807, 2.05) is 4.90 Å². The molecule has 0 bridgehead atoms. The van der Waals surface area contributed by atoms with Crippen LogP contribution in [-0.2, 0) is 27.7 Å². The monoisotopic (exact) mass is 503 g/mol. The highest BCUT2D eigenvalue weighted by Crippen LogP contribution is 2.39. The topological polar surface area (TPSA) is 137 Å². The molecule has 1 aliphatic carbocycles. The molecule has 2 aromatic rings. The number of nitro benzene ring substituents is 1. The molecular weight excluding hydrogens is 478 g/mol. The van der Waals surface area contributed by atoms with E-state index in [4.69, 9.17) is 0 Å². The first-order valence-corrected chi connectivity index (χ1v) is 13.3. The van der Waals surface area contributed by atoms with Crippen molar-refractivity contribution in [2.45, 2.75) is 31.1 Å². The average molecular weight is 504 g/mol. The largest absolute Gasteiger partial charge is 0.315 e. The second kappa shape index (κ2) is 9.79. The Morgan fingerprint density at radius 2 is 2.00 bits per heavy atom. The third kappa shape index (κ3) is 4.83. The number of hydrogen-bond acceptors (Lipinski definition) is 8. The van der Waals surface area contributed by atoms with Crippen LogP contribution in [0, 0.1) is 27.4 Å². The summed E-state index contributed by atoms with van der Waals surface area (Å²) in [5.41, 5.74) is 1.15. The van der Waals surface area contributed by atoms with Crippen molar-refractivity contribution in [1.29, 1.82) is 5.26 Å². The van der Waals surface area contributed by atoms with E-state index in [-0.39, 0.29) is 30.4 Å². The standard InChI is InChI=1S/C22H25N5O5S2/c1-15-6-7-16-17(13-23)22(33-19(16)12-15)24-21(28)14-25-8-10-26(11-9-25)34(31,32)20-5-3-2-4-18(20)27(29)30/h2-5,15H,6-12,14H2,1H3,(H,24,28)/t15-/m0/s1. The molecule has 4 rings (SSSR count). The second-order valence-electron chi connectivity index (χ2n) is 8.62. The molecular formula is C22H25N5O5S2. The first kappa shape index (κ1) is 24.3. The summed E-state index contributed by atoms with van der Waals surface area (Å²) in [5, 5.41) is 24.3. The lowest BCUT2D eigenvalue weighted by Gasteiger charge is -2.33. The number of amides is 1. The van der Waals surface area contributed by atoms with Gasteiger partial charge in [-0.1, -0.05) is 19.1 Å². The molecule has 1 aromatic heterocycles. The number of nitro groups is 1. The van der Waals surface area contributed by atoms with Gasteiger partial charge in [0.15, 0.2) is 4.90 Å². The molecule has 0 radical (unpaired) electrons. The number of benzene rings is 1. The number of sulfonamides is 1. The molecule has 10 nitrogen and oxygen atoms in total. The van der Waals surface area contributed by atoms with E-state index < -0.39 is 20.6 Å². The number of fused-ring (bicyclic) bond motifs is 1. The third-order valence-corrected chi connectivity index (χ3v) is 9.37. The molecule has 0 unspecified atom stereocenters. The zero-order valence-electron chi connectivity index (χ0n) is 18.7. The molecule has 34 heavy (non-hydrogen) atoms. The third-order valence-electron chi connectivity index (χ3n) is 6.25. The quantitative estimate of drug-likeness (QED) is 0.472. The fourth-order valence-electron chi connectivity index (χ4n) is 4.42. The minimum Gasteiger partial charge on any atom is -0.315 e. The van der Waals surface area contributed by atoms with Gasteiger partial charge in [0.25, 0.3) is 5.69 Å². The summed E-state index contributed by atoms with van der Waals surface area (Å²) in [7, 11) is -4.02. The number of carbonyl (C=O) groups excluding carboxylic acids is 1. The van der Waals surface area contributed by atoms with Crippen molar-refractivity contribution >= 4 is 38.0 Å².